The molecule has 3 aromatic heterocycles. The summed E-state index contributed by atoms with van der Waals surface area (Å²) in [5.74, 6) is 0. The lowest BCUT2D eigenvalue weighted by atomic mass is 10.1. The molecule has 0 atom stereocenters. The van der Waals surface area contributed by atoms with Gasteiger partial charge < -0.3 is 4.52 Å². The lowest BCUT2D eigenvalue weighted by Crippen LogP contribution is -2.40. The van der Waals surface area contributed by atoms with E-state index < -0.39 is 10.0 Å². The summed E-state index contributed by atoms with van der Waals surface area (Å²) >= 11 is 0. The van der Waals surface area contributed by atoms with Crippen LogP contribution in [0.3, 0.4) is 0 Å². The molecule has 0 N–H and O–H groups in total. The maximum atomic E-state index is 12.6. The molecule has 0 unspecified atom stereocenters. The Morgan fingerprint density at radius 2 is 2.13 bits per heavy atom. The molecule has 9 heteroatoms. The molecule has 118 valence electrons. The Morgan fingerprint density at radius 1 is 1.26 bits per heavy atom. The van der Waals surface area contributed by atoms with Gasteiger partial charge in [0.05, 0.1) is 17.5 Å². The van der Waals surface area contributed by atoms with Gasteiger partial charge in [0, 0.05) is 25.7 Å². The Bertz CT molecular complexity index is 1040. The number of pyridine rings is 1. The minimum atomic E-state index is -3.73. The molecule has 8 nitrogen and oxygen atoms in total. The van der Waals surface area contributed by atoms with Gasteiger partial charge in [-0.05, 0) is 12.1 Å². The van der Waals surface area contributed by atoms with E-state index in [0.29, 0.717) is 23.3 Å². The summed E-state index contributed by atoms with van der Waals surface area (Å²) in [4.78, 5) is 17.1. The molecule has 0 saturated heterocycles. The Kier molecular flexibility index (Phi) is 3.06. The molecule has 4 heterocycles. The largest absolute Gasteiger partial charge is 0.363 e. The van der Waals surface area contributed by atoms with Gasteiger partial charge in [-0.1, -0.05) is 11.2 Å². The van der Waals surface area contributed by atoms with Crippen molar-refractivity contribution in [1.82, 2.24) is 18.8 Å². The topological polar surface area (TPSA) is 97.8 Å². The highest BCUT2D eigenvalue weighted by molar-refractivity contribution is 7.89. The van der Waals surface area contributed by atoms with E-state index in [2.05, 4.69) is 14.7 Å². The zero-order valence-electron chi connectivity index (χ0n) is 11.9. The SMILES string of the molecule is O=c1c2c(nc3ccccn13)CCN(S(=O)(=O)c1cnoc1)C2. The van der Waals surface area contributed by atoms with Crippen molar-refractivity contribution < 1.29 is 12.9 Å². The molecule has 0 saturated carbocycles. The van der Waals surface area contributed by atoms with Gasteiger partial charge in [0.15, 0.2) is 0 Å². The van der Waals surface area contributed by atoms with Crippen molar-refractivity contribution in [2.75, 3.05) is 6.54 Å². The Hall–Kier alpha value is -2.52. The number of hydrogen-bond acceptors (Lipinski definition) is 6. The molecule has 0 bridgehead atoms. The fraction of sp³-hybridized carbons (Fsp3) is 0.214. The zero-order chi connectivity index (χ0) is 16.0. The molecule has 3 aromatic rings. The Labute approximate surface area is 131 Å². The van der Waals surface area contributed by atoms with Crippen molar-refractivity contribution in [2.24, 2.45) is 0 Å². The molecular formula is C14H12N4O4S. The van der Waals surface area contributed by atoms with Gasteiger partial charge in [0.1, 0.15) is 16.8 Å². The Balaban J connectivity index is 1.81. The van der Waals surface area contributed by atoms with Gasteiger partial charge in [-0.3, -0.25) is 9.20 Å². The van der Waals surface area contributed by atoms with Gasteiger partial charge in [-0.2, -0.15) is 4.31 Å². The van der Waals surface area contributed by atoms with Crippen LogP contribution in [0.5, 0.6) is 0 Å². The van der Waals surface area contributed by atoms with E-state index in [-0.39, 0.29) is 23.5 Å². The average Bonchev–Trinajstić information content (AvgIpc) is 3.10. The van der Waals surface area contributed by atoms with Crippen LogP contribution in [0.1, 0.15) is 11.3 Å². The summed E-state index contributed by atoms with van der Waals surface area (Å²) in [6.07, 6.45) is 4.24. The summed E-state index contributed by atoms with van der Waals surface area (Å²) in [6, 6.07) is 5.29. The number of rotatable bonds is 2. The number of aromatic nitrogens is 3. The molecule has 0 amide bonds. The van der Waals surface area contributed by atoms with Crippen molar-refractivity contribution in [1.29, 1.82) is 0 Å². The summed E-state index contributed by atoms with van der Waals surface area (Å²) in [5.41, 5.74) is 1.38. The number of sulfonamides is 1. The first-order valence-electron chi connectivity index (χ1n) is 6.96. The normalized spacial score (nSPS) is 15.7. The third-order valence-corrected chi connectivity index (χ3v) is 5.68. The third-order valence-electron chi connectivity index (χ3n) is 3.89. The number of fused-ring (bicyclic) bond motifs is 2. The van der Waals surface area contributed by atoms with Crippen molar-refractivity contribution >= 4 is 15.7 Å². The maximum Gasteiger partial charge on any atom is 0.262 e. The zero-order valence-corrected chi connectivity index (χ0v) is 12.7. The molecule has 1 aliphatic heterocycles. The second-order valence-electron chi connectivity index (χ2n) is 5.22. The Morgan fingerprint density at radius 3 is 2.91 bits per heavy atom. The smallest absolute Gasteiger partial charge is 0.262 e. The summed E-state index contributed by atoms with van der Waals surface area (Å²) in [7, 11) is -3.73. The van der Waals surface area contributed by atoms with Gasteiger partial charge >= 0.3 is 0 Å². The van der Waals surface area contributed by atoms with Crippen LogP contribution in [0.15, 0.2) is 51.1 Å². The van der Waals surface area contributed by atoms with E-state index in [1.54, 1.807) is 24.4 Å². The molecule has 4 rings (SSSR count). The van der Waals surface area contributed by atoms with E-state index >= 15 is 0 Å². The number of nitrogens with zero attached hydrogens (tertiary/aromatic N) is 4. The van der Waals surface area contributed by atoms with E-state index in [0.717, 1.165) is 12.5 Å². The molecule has 0 fully saturated rings. The predicted octanol–water partition coefficient (Wildman–Crippen LogP) is 0.430. The van der Waals surface area contributed by atoms with Gasteiger partial charge in [-0.15, -0.1) is 0 Å². The number of hydrogen-bond donors (Lipinski definition) is 0. The van der Waals surface area contributed by atoms with Gasteiger partial charge in [0.25, 0.3) is 5.56 Å². The second-order valence-corrected chi connectivity index (χ2v) is 7.16. The lowest BCUT2D eigenvalue weighted by molar-refractivity contribution is 0.383. The molecule has 1 aliphatic rings. The fourth-order valence-corrected chi connectivity index (χ4v) is 3.97. The molecule has 0 radical (unpaired) electrons. The fourth-order valence-electron chi connectivity index (χ4n) is 2.70. The maximum absolute atomic E-state index is 12.6. The molecule has 23 heavy (non-hydrogen) atoms. The standard InChI is InChI=1S/C14H12N4O4S/c19-14-11-8-17(23(20,21)10-7-15-22-9-10)6-4-12(11)16-13-3-1-2-5-18(13)14/h1-3,5,7,9H,4,6,8H2. The van der Waals surface area contributed by atoms with Crippen LogP contribution in [-0.2, 0) is 23.0 Å². The van der Waals surface area contributed by atoms with Crippen molar-refractivity contribution in [3.8, 4) is 0 Å². The van der Waals surface area contributed by atoms with Gasteiger partial charge in [-0.25, -0.2) is 13.4 Å². The molecular weight excluding hydrogens is 320 g/mol. The van der Waals surface area contributed by atoms with E-state index in [1.807, 2.05) is 0 Å². The minimum absolute atomic E-state index is 0.00743. The quantitative estimate of drug-likeness (QED) is 0.675. The lowest BCUT2D eigenvalue weighted by Gasteiger charge is -2.26. The summed E-state index contributed by atoms with van der Waals surface area (Å²) in [6.45, 7) is 0.252. The summed E-state index contributed by atoms with van der Waals surface area (Å²) < 4.78 is 32.3. The van der Waals surface area contributed by atoms with Crippen molar-refractivity contribution in [3.63, 3.8) is 0 Å². The van der Waals surface area contributed by atoms with Crippen LogP contribution in [0.25, 0.3) is 5.65 Å². The first kappa shape index (κ1) is 14.1. The van der Waals surface area contributed by atoms with Crippen molar-refractivity contribution in [3.05, 3.63) is 58.5 Å². The first-order chi connectivity index (χ1) is 11.1. The van der Waals surface area contributed by atoms with Crippen LogP contribution in [0.2, 0.25) is 0 Å². The van der Waals surface area contributed by atoms with E-state index in [4.69, 9.17) is 0 Å². The van der Waals surface area contributed by atoms with Crippen LogP contribution in [-0.4, -0.2) is 33.8 Å². The van der Waals surface area contributed by atoms with Crippen LogP contribution >= 0.6 is 0 Å². The first-order valence-corrected chi connectivity index (χ1v) is 8.40. The van der Waals surface area contributed by atoms with E-state index in [1.165, 1.54) is 8.71 Å². The molecule has 0 aromatic carbocycles. The average molecular weight is 332 g/mol. The third kappa shape index (κ3) is 2.16. The monoisotopic (exact) mass is 332 g/mol. The van der Waals surface area contributed by atoms with Gasteiger partial charge in [0.2, 0.25) is 10.0 Å². The predicted molar refractivity (Wildman–Crippen MR) is 79.3 cm³/mol. The summed E-state index contributed by atoms with van der Waals surface area (Å²) in [5, 5.41) is 3.43. The highest BCUT2D eigenvalue weighted by atomic mass is 32.2. The van der Waals surface area contributed by atoms with Crippen LogP contribution in [0, 0.1) is 0 Å². The highest BCUT2D eigenvalue weighted by Crippen LogP contribution is 2.22. The minimum Gasteiger partial charge on any atom is -0.363 e. The molecule has 0 spiro atoms. The van der Waals surface area contributed by atoms with Crippen molar-refractivity contribution in [2.45, 2.75) is 17.9 Å². The van der Waals surface area contributed by atoms with Crippen LogP contribution in [0.4, 0.5) is 0 Å². The van der Waals surface area contributed by atoms with Crippen LogP contribution < -0.4 is 5.56 Å². The molecule has 0 aliphatic carbocycles. The highest BCUT2D eigenvalue weighted by Gasteiger charge is 2.31. The second kappa shape index (κ2) is 5.00. The van der Waals surface area contributed by atoms with E-state index in [9.17, 15) is 13.2 Å².